The topological polar surface area (TPSA) is 27.0 Å². The quantitative estimate of drug-likeness (QED) is 0.805. The van der Waals surface area contributed by atoms with Crippen LogP contribution in [0.15, 0.2) is 12.1 Å². The molecule has 0 aliphatic carbocycles. The Morgan fingerprint density at radius 3 is 2.62 bits per heavy atom. The molecule has 0 bridgehead atoms. The molecule has 0 aliphatic rings. The molecule has 0 amide bonds. The van der Waals surface area contributed by atoms with Gasteiger partial charge in [-0.2, -0.15) is 5.26 Å². The molecule has 1 aromatic rings. The van der Waals surface area contributed by atoms with Crippen LogP contribution in [-0.2, 0) is 6.54 Å². The van der Waals surface area contributed by atoms with Gasteiger partial charge in [0.15, 0.2) is 0 Å². The van der Waals surface area contributed by atoms with E-state index in [0.717, 1.165) is 17.4 Å². The van der Waals surface area contributed by atoms with Crippen LogP contribution in [0.1, 0.15) is 18.7 Å². The Hall–Kier alpha value is -0.560. The van der Waals surface area contributed by atoms with Gasteiger partial charge in [0.1, 0.15) is 0 Å². The third-order valence-electron chi connectivity index (χ3n) is 2.53. The lowest BCUT2D eigenvalue weighted by Gasteiger charge is -2.21. The van der Waals surface area contributed by atoms with E-state index < -0.39 is 0 Å². The summed E-state index contributed by atoms with van der Waals surface area (Å²) in [5.74, 6) is 0.500. The molecule has 0 saturated heterocycles. The Kier molecular flexibility index (Phi) is 5.27. The molecule has 2 nitrogen and oxygen atoms in total. The van der Waals surface area contributed by atoms with Gasteiger partial charge < -0.3 is 0 Å². The molecule has 1 aromatic heterocycles. The van der Waals surface area contributed by atoms with Crippen LogP contribution in [0.5, 0.6) is 0 Å². The highest BCUT2D eigenvalue weighted by atomic mass is 35.5. The van der Waals surface area contributed by atoms with Gasteiger partial charge in [0.05, 0.1) is 16.3 Å². The number of halogens is 1. The van der Waals surface area contributed by atoms with E-state index in [2.05, 4.69) is 24.8 Å². The van der Waals surface area contributed by atoms with Gasteiger partial charge in [-0.3, -0.25) is 4.90 Å². The van der Waals surface area contributed by atoms with Crippen LogP contribution in [-0.4, -0.2) is 18.5 Å². The molecule has 0 radical (unpaired) electrons. The summed E-state index contributed by atoms with van der Waals surface area (Å²) in [5, 5.41) is 9.02. The van der Waals surface area contributed by atoms with E-state index in [1.807, 2.05) is 19.2 Å². The number of nitrogens with zero attached hydrogens (tertiary/aromatic N) is 2. The molecule has 0 spiro atoms. The fourth-order valence-electron chi connectivity index (χ4n) is 1.50. The Bertz CT molecular complexity index is 367. The van der Waals surface area contributed by atoms with Crippen molar-refractivity contribution in [3.63, 3.8) is 0 Å². The summed E-state index contributed by atoms with van der Waals surface area (Å²) < 4.78 is 0.823. The van der Waals surface area contributed by atoms with Gasteiger partial charge in [-0.15, -0.1) is 11.3 Å². The average Bonchev–Trinajstić information content (AvgIpc) is 2.60. The first-order valence-electron chi connectivity index (χ1n) is 5.35. The minimum atomic E-state index is 0.0976. The molecular weight excluding hydrogens is 240 g/mol. The van der Waals surface area contributed by atoms with Gasteiger partial charge in [-0.25, -0.2) is 0 Å². The predicted octanol–water partition coefficient (Wildman–Crippen LogP) is 3.63. The van der Waals surface area contributed by atoms with Crippen LogP contribution in [0, 0.1) is 23.2 Å². The largest absolute Gasteiger partial charge is 0.300 e. The monoisotopic (exact) mass is 256 g/mol. The Balaban J connectivity index is 2.47. The molecule has 0 saturated carbocycles. The fraction of sp³-hybridized carbons (Fsp3) is 0.583. The lowest BCUT2D eigenvalue weighted by Crippen LogP contribution is -2.27. The van der Waals surface area contributed by atoms with E-state index in [1.54, 1.807) is 11.3 Å². The van der Waals surface area contributed by atoms with Gasteiger partial charge in [0, 0.05) is 18.0 Å². The number of thiophene rings is 1. The molecule has 1 unspecified atom stereocenters. The number of hydrogen-bond donors (Lipinski definition) is 0. The van der Waals surface area contributed by atoms with Crippen molar-refractivity contribution < 1.29 is 0 Å². The lowest BCUT2D eigenvalue weighted by atomic mass is 9.97. The van der Waals surface area contributed by atoms with Gasteiger partial charge in [-0.05, 0) is 25.1 Å². The molecular formula is C12H17ClN2S. The van der Waals surface area contributed by atoms with Crippen LogP contribution in [0.4, 0.5) is 0 Å². The second-order valence-electron chi connectivity index (χ2n) is 4.38. The van der Waals surface area contributed by atoms with E-state index >= 15 is 0 Å². The fourth-order valence-corrected chi connectivity index (χ4v) is 2.67. The van der Waals surface area contributed by atoms with E-state index in [-0.39, 0.29) is 5.92 Å². The standard InChI is InChI=1S/C12H17ClN2S/c1-9(2)10(6-14)7-15(3)8-11-4-5-12(13)16-11/h4-5,9-10H,7-8H2,1-3H3. The molecule has 0 N–H and O–H groups in total. The van der Waals surface area contributed by atoms with E-state index in [1.165, 1.54) is 4.88 Å². The van der Waals surface area contributed by atoms with E-state index in [9.17, 15) is 0 Å². The third-order valence-corrected chi connectivity index (χ3v) is 3.75. The van der Waals surface area contributed by atoms with Gasteiger partial charge in [0.25, 0.3) is 0 Å². The SMILES string of the molecule is CC(C)C(C#N)CN(C)Cc1ccc(Cl)s1. The summed E-state index contributed by atoms with van der Waals surface area (Å²) in [6.07, 6.45) is 0. The molecule has 1 rings (SSSR count). The van der Waals surface area contributed by atoms with E-state index in [0.29, 0.717) is 5.92 Å². The summed E-state index contributed by atoms with van der Waals surface area (Å²) in [4.78, 5) is 3.42. The first-order valence-corrected chi connectivity index (χ1v) is 6.54. The zero-order valence-electron chi connectivity index (χ0n) is 9.90. The summed E-state index contributed by atoms with van der Waals surface area (Å²) in [7, 11) is 2.04. The number of rotatable bonds is 5. The normalized spacial score (nSPS) is 13.1. The third kappa shape index (κ3) is 4.13. The van der Waals surface area contributed by atoms with Crippen molar-refractivity contribution in [1.29, 1.82) is 5.26 Å². The van der Waals surface area contributed by atoms with Crippen LogP contribution in [0.3, 0.4) is 0 Å². The van der Waals surface area contributed by atoms with Gasteiger partial charge >= 0.3 is 0 Å². The van der Waals surface area contributed by atoms with Crippen LogP contribution < -0.4 is 0 Å². The second-order valence-corrected chi connectivity index (χ2v) is 6.18. The second kappa shape index (κ2) is 6.24. The molecule has 4 heteroatoms. The maximum atomic E-state index is 9.02. The van der Waals surface area contributed by atoms with Crippen molar-refractivity contribution in [3.8, 4) is 6.07 Å². The first-order chi connectivity index (χ1) is 7.52. The van der Waals surface area contributed by atoms with E-state index in [4.69, 9.17) is 16.9 Å². The number of nitriles is 1. The summed E-state index contributed by atoms with van der Waals surface area (Å²) in [6, 6.07) is 6.32. The maximum Gasteiger partial charge on any atom is 0.0931 e. The Morgan fingerprint density at radius 2 is 2.19 bits per heavy atom. The highest BCUT2D eigenvalue weighted by molar-refractivity contribution is 7.16. The van der Waals surface area contributed by atoms with Gasteiger partial charge in [0.2, 0.25) is 0 Å². The Morgan fingerprint density at radius 1 is 1.50 bits per heavy atom. The highest BCUT2D eigenvalue weighted by Gasteiger charge is 2.15. The minimum absolute atomic E-state index is 0.0976. The molecule has 0 fully saturated rings. The predicted molar refractivity (Wildman–Crippen MR) is 69.6 cm³/mol. The molecule has 1 atom stereocenters. The maximum absolute atomic E-state index is 9.02. The van der Waals surface area contributed by atoms with Crippen molar-refractivity contribution in [2.75, 3.05) is 13.6 Å². The van der Waals surface area contributed by atoms with Gasteiger partial charge in [-0.1, -0.05) is 25.4 Å². The Labute approximate surface area is 106 Å². The van der Waals surface area contributed by atoms with Crippen molar-refractivity contribution in [2.45, 2.75) is 20.4 Å². The van der Waals surface area contributed by atoms with Crippen molar-refractivity contribution >= 4 is 22.9 Å². The molecule has 88 valence electrons. The lowest BCUT2D eigenvalue weighted by molar-refractivity contribution is 0.267. The molecule has 16 heavy (non-hydrogen) atoms. The van der Waals surface area contributed by atoms with Crippen LogP contribution in [0.25, 0.3) is 0 Å². The van der Waals surface area contributed by atoms with Crippen LogP contribution >= 0.6 is 22.9 Å². The highest BCUT2D eigenvalue weighted by Crippen LogP contribution is 2.23. The zero-order chi connectivity index (χ0) is 12.1. The first kappa shape index (κ1) is 13.5. The molecule has 1 heterocycles. The smallest absolute Gasteiger partial charge is 0.0931 e. The summed E-state index contributed by atoms with van der Waals surface area (Å²) in [5.41, 5.74) is 0. The minimum Gasteiger partial charge on any atom is -0.300 e. The summed E-state index contributed by atoms with van der Waals surface area (Å²) in [6.45, 7) is 5.85. The van der Waals surface area contributed by atoms with Crippen LogP contribution in [0.2, 0.25) is 4.34 Å². The zero-order valence-corrected chi connectivity index (χ0v) is 11.5. The van der Waals surface area contributed by atoms with Crippen molar-refractivity contribution in [3.05, 3.63) is 21.3 Å². The molecule has 0 aromatic carbocycles. The summed E-state index contributed by atoms with van der Waals surface area (Å²) >= 11 is 7.47. The molecule has 0 aliphatic heterocycles. The van der Waals surface area contributed by atoms with Crippen molar-refractivity contribution in [2.24, 2.45) is 11.8 Å². The van der Waals surface area contributed by atoms with Crippen molar-refractivity contribution in [1.82, 2.24) is 4.90 Å². The number of hydrogen-bond acceptors (Lipinski definition) is 3. The average molecular weight is 257 g/mol.